The highest BCUT2D eigenvalue weighted by Gasteiger charge is 2.33. The molecule has 0 saturated carbocycles. The van der Waals surface area contributed by atoms with Crippen LogP contribution in [0.25, 0.3) is 0 Å². The van der Waals surface area contributed by atoms with Gasteiger partial charge in [0.15, 0.2) is 9.84 Å². The number of carboxylic acids is 2. The van der Waals surface area contributed by atoms with E-state index in [0.29, 0.717) is 5.56 Å². The average molecular weight is 723 g/mol. The van der Waals surface area contributed by atoms with Crippen molar-refractivity contribution >= 4 is 57.2 Å². The number of amides is 4. The summed E-state index contributed by atoms with van der Waals surface area (Å²) < 4.78 is 28.7. The van der Waals surface area contributed by atoms with Gasteiger partial charge >= 0.3 is 18.0 Å². The number of aliphatic carboxylic acids is 2. The van der Waals surface area contributed by atoms with Gasteiger partial charge in [-0.3, -0.25) is 24.0 Å². The molecule has 266 valence electrons. The summed E-state index contributed by atoms with van der Waals surface area (Å²) in [6.45, 7) is 4.32. The van der Waals surface area contributed by atoms with Crippen LogP contribution in [0.4, 0.5) is 4.79 Å². The van der Waals surface area contributed by atoms with Crippen LogP contribution in [-0.2, 0) is 45.2 Å². The maximum absolute atomic E-state index is 13.7. The van der Waals surface area contributed by atoms with Crippen molar-refractivity contribution in [1.82, 2.24) is 21.3 Å². The molecule has 0 heterocycles. The number of ether oxygens (including phenoxy) is 1. The number of hydrogen-bond acceptors (Lipinski definition) is 9. The molecule has 0 aliphatic carbocycles. The fourth-order valence-electron chi connectivity index (χ4n) is 4.26. The minimum absolute atomic E-state index is 0.161. The lowest BCUT2D eigenvalue weighted by atomic mass is 10.00. The number of alkyl carbamates (subject to hydrolysis) is 1. The summed E-state index contributed by atoms with van der Waals surface area (Å²) >= 11 is 5.90. The molecule has 4 amide bonds. The topological polar surface area (TPSA) is 234 Å². The molecule has 0 fully saturated rings. The number of carbonyl (C=O) groups excluding carboxylic acids is 4. The molecule has 0 unspecified atom stereocenters. The Balaban J connectivity index is 2.30. The van der Waals surface area contributed by atoms with Gasteiger partial charge in [0.05, 0.1) is 24.6 Å². The summed E-state index contributed by atoms with van der Waals surface area (Å²) in [6, 6.07) is 10.5. The first-order chi connectivity index (χ1) is 23.0. The second-order valence-electron chi connectivity index (χ2n) is 11.0. The zero-order chi connectivity index (χ0) is 36.7. The minimum Gasteiger partial charge on any atom is -0.481 e. The maximum atomic E-state index is 13.7. The van der Waals surface area contributed by atoms with Gasteiger partial charge in [-0.1, -0.05) is 93.0 Å². The monoisotopic (exact) mass is 722 g/mol. The molecule has 4 atom stereocenters. The predicted molar refractivity (Wildman–Crippen MR) is 177 cm³/mol. The van der Waals surface area contributed by atoms with Gasteiger partial charge in [-0.05, 0) is 23.1 Å². The van der Waals surface area contributed by atoms with Gasteiger partial charge in [-0.25, -0.2) is 13.2 Å². The number of carboxylic acid groups (broad SMARTS) is 2. The maximum Gasteiger partial charge on any atom is 0.408 e. The molecule has 17 heteroatoms. The molecule has 0 bridgehead atoms. The van der Waals surface area contributed by atoms with Crippen LogP contribution < -0.4 is 21.3 Å². The van der Waals surface area contributed by atoms with E-state index in [2.05, 4.69) is 21.3 Å². The Labute approximate surface area is 288 Å². The third kappa shape index (κ3) is 13.6. The van der Waals surface area contributed by atoms with Crippen LogP contribution in [0.15, 0.2) is 71.1 Å². The first-order valence-corrected chi connectivity index (χ1v) is 17.0. The van der Waals surface area contributed by atoms with Crippen molar-refractivity contribution in [1.29, 1.82) is 0 Å². The zero-order valence-electron chi connectivity index (χ0n) is 26.9. The van der Waals surface area contributed by atoms with Crippen LogP contribution in [0.1, 0.15) is 50.8 Å². The predicted octanol–water partition coefficient (Wildman–Crippen LogP) is 2.23. The zero-order valence-corrected chi connectivity index (χ0v) is 28.5. The molecule has 15 nitrogen and oxygen atoms in total. The Bertz CT molecular complexity index is 1620. The van der Waals surface area contributed by atoms with Gasteiger partial charge in [-0.15, -0.1) is 0 Å². The first-order valence-electron chi connectivity index (χ1n) is 15.0. The van der Waals surface area contributed by atoms with Gasteiger partial charge in [-0.2, -0.15) is 0 Å². The van der Waals surface area contributed by atoms with E-state index in [0.717, 1.165) is 6.08 Å². The van der Waals surface area contributed by atoms with E-state index in [1.54, 1.807) is 62.4 Å². The van der Waals surface area contributed by atoms with Crippen LogP contribution >= 0.6 is 11.6 Å². The lowest BCUT2D eigenvalue weighted by molar-refractivity contribution is -0.140. The second kappa shape index (κ2) is 19.1. The molecular weight excluding hydrogens is 684 g/mol. The van der Waals surface area contributed by atoms with E-state index in [1.807, 2.05) is 0 Å². The molecule has 0 spiro atoms. The molecule has 2 rings (SSSR count). The SMILES string of the molecule is CCS(=O)(=O)/C(Cl)=C/[C@H](CC(=O)O)NC(=O)[C@@H](NC(=O)[C@@H](NC(=O)[C@H](CC(=O)O)NC(=O)OCc1ccccc1)c1ccccc1)C(C)C. The quantitative estimate of drug-likeness (QED) is 0.131. The lowest BCUT2D eigenvalue weighted by Gasteiger charge is -2.27. The van der Waals surface area contributed by atoms with Crippen molar-refractivity contribution in [3.63, 3.8) is 0 Å². The molecule has 2 aromatic rings. The average Bonchev–Trinajstić information content (AvgIpc) is 3.04. The standard InChI is InChI=1S/C32H39ClN4O11S/c1-4-49(46,47)24(33)15-22(16-25(38)39)34-30(43)27(19(2)3)36-31(44)28(21-13-9-6-10-14-21)37-29(42)23(17-26(40)41)35-32(45)48-18-20-11-7-5-8-12-20/h5-15,19,22-23,27-28H,4,16-18H2,1-3H3,(H,34,43)(H,35,45)(H,36,44)(H,37,42)(H,38,39)(H,40,41)/b24-15+/t22-,23+,27+,28+/m1/s1. The largest absolute Gasteiger partial charge is 0.481 e. The highest BCUT2D eigenvalue weighted by Crippen LogP contribution is 2.17. The number of halogens is 1. The van der Waals surface area contributed by atoms with Crippen molar-refractivity contribution in [2.45, 2.75) is 64.4 Å². The number of nitrogens with one attached hydrogen (secondary N) is 4. The number of benzene rings is 2. The minimum atomic E-state index is -3.91. The van der Waals surface area contributed by atoms with Gasteiger partial charge in [0, 0.05) is 0 Å². The second-order valence-corrected chi connectivity index (χ2v) is 13.9. The summed E-state index contributed by atoms with van der Waals surface area (Å²) in [6.07, 6.45) is -1.78. The van der Waals surface area contributed by atoms with E-state index in [9.17, 15) is 47.4 Å². The molecule has 0 aliphatic rings. The summed E-state index contributed by atoms with van der Waals surface area (Å²) in [5.41, 5.74) is 0.876. The van der Waals surface area contributed by atoms with Crippen LogP contribution in [0.3, 0.4) is 0 Å². The normalized spacial score (nSPS) is 14.0. The molecule has 0 radical (unpaired) electrons. The number of sulfone groups is 1. The van der Waals surface area contributed by atoms with E-state index in [1.165, 1.54) is 19.1 Å². The van der Waals surface area contributed by atoms with Gasteiger partial charge in [0.2, 0.25) is 17.7 Å². The highest BCUT2D eigenvalue weighted by molar-refractivity contribution is 7.96. The molecule has 0 aliphatic heterocycles. The summed E-state index contributed by atoms with van der Waals surface area (Å²) in [7, 11) is -3.91. The molecule has 0 aromatic heterocycles. The van der Waals surface area contributed by atoms with Crippen molar-refractivity contribution in [3.05, 3.63) is 82.2 Å². The molecular formula is C32H39ClN4O11S. The molecule has 6 N–H and O–H groups in total. The lowest BCUT2D eigenvalue weighted by Crippen LogP contribution is -2.56. The van der Waals surface area contributed by atoms with Crippen LogP contribution in [0.5, 0.6) is 0 Å². The molecule has 0 saturated heterocycles. The van der Waals surface area contributed by atoms with Crippen molar-refractivity contribution in [2.24, 2.45) is 5.92 Å². The van der Waals surface area contributed by atoms with E-state index in [4.69, 9.17) is 16.3 Å². The van der Waals surface area contributed by atoms with Crippen LogP contribution in [0.2, 0.25) is 0 Å². The Morgan fingerprint density at radius 1 is 0.796 bits per heavy atom. The van der Waals surface area contributed by atoms with Gasteiger partial charge in [0.25, 0.3) is 0 Å². The first kappa shape index (κ1) is 40.2. The van der Waals surface area contributed by atoms with Gasteiger partial charge in [0.1, 0.15) is 29.1 Å². The third-order valence-electron chi connectivity index (χ3n) is 6.86. The summed E-state index contributed by atoms with van der Waals surface area (Å²) in [5.74, 6) is -6.62. The van der Waals surface area contributed by atoms with Crippen LogP contribution in [0, 0.1) is 5.92 Å². The van der Waals surface area contributed by atoms with Crippen LogP contribution in [-0.4, -0.2) is 78.3 Å². The molecule has 49 heavy (non-hydrogen) atoms. The Morgan fingerprint density at radius 3 is 1.90 bits per heavy atom. The van der Waals surface area contributed by atoms with Crippen molar-refractivity contribution in [3.8, 4) is 0 Å². The summed E-state index contributed by atoms with van der Waals surface area (Å²) in [4.78, 5) is 75.9. The Hall–Kier alpha value is -4.96. The Morgan fingerprint density at radius 2 is 1.37 bits per heavy atom. The van der Waals surface area contributed by atoms with E-state index >= 15 is 0 Å². The summed E-state index contributed by atoms with van der Waals surface area (Å²) in [5, 5.41) is 28.3. The van der Waals surface area contributed by atoms with E-state index in [-0.39, 0.29) is 17.9 Å². The van der Waals surface area contributed by atoms with Gasteiger partial charge < -0.3 is 36.2 Å². The third-order valence-corrected chi connectivity index (χ3v) is 9.18. The Kier molecular flexibility index (Phi) is 15.7. The van der Waals surface area contributed by atoms with Crippen molar-refractivity contribution in [2.75, 3.05) is 5.75 Å². The number of rotatable bonds is 18. The molecule has 2 aromatic carbocycles. The fourth-order valence-corrected chi connectivity index (χ4v) is 5.39. The van der Waals surface area contributed by atoms with E-state index < -0.39 is 92.9 Å². The number of hydrogen-bond donors (Lipinski definition) is 6. The smallest absolute Gasteiger partial charge is 0.408 e. The number of carbonyl (C=O) groups is 6. The highest BCUT2D eigenvalue weighted by atomic mass is 35.5. The fraction of sp³-hybridized carbons (Fsp3) is 0.375. The van der Waals surface area contributed by atoms with Crippen molar-refractivity contribution < 1.29 is 52.1 Å².